The van der Waals surface area contributed by atoms with Gasteiger partial charge in [-0.15, -0.1) is 0 Å². The van der Waals surface area contributed by atoms with Crippen LogP contribution in [-0.4, -0.2) is 33.0 Å². The zero-order valence-electron chi connectivity index (χ0n) is 11.8. The molecule has 0 aliphatic carbocycles. The quantitative estimate of drug-likeness (QED) is 0.845. The van der Waals surface area contributed by atoms with Crippen molar-refractivity contribution < 1.29 is 13.2 Å². The van der Waals surface area contributed by atoms with Crippen LogP contribution in [0.3, 0.4) is 0 Å². The fraction of sp³-hybridized carbons (Fsp3) is 0.533. The van der Waals surface area contributed by atoms with E-state index in [4.69, 9.17) is 0 Å². The van der Waals surface area contributed by atoms with Gasteiger partial charge in [-0.2, -0.15) is 0 Å². The zero-order chi connectivity index (χ0) is 14.6. The van der Waals surface area contributed by atoms with Gasteiger partial charge in [0, 0.05) is 18.0 Å². The first-order valence-corrected chi connectivity index (χ1v) is 8.77. The maximum Gasteiger partial charge on any atom is 0.178 e. The van der Waals surface area contributed by atoms with E-state index in [0.717, 1.165) is 19.4 Å². The number of sulfone groups is 1. The standard InChI is InChI=1S/C15H21NO3S/c1-2-10-20(18,19)14-7-5-12(6-8-14)15(17)13-4-3-9-16-11-13/h5-8,13,16H,2-4,9-11H2,1H3. The first kappa shape index (κ1) is 15.2. The third-order valence-electron chi connectivity index (χ3n) is 3.64. The summed E-state index contributed by atoms with van der Waals surface area (Å²) in [4.78, 5) is 12.6. The molecule has 1 atom stereocenters. The molecule has 1 saturated heterocycles. The SMILES string of the molecule is CCCS(=O)(=O)c1ccc(C(=O)C2CCCNC2)cc1. The number of ketones is 1. The Labute approximate surface area is 120 Å². The number of carbonyl (C=O) groups is 1. The van der Waals surface area contributed by atoms with E-state index in [1.807, 2.05) is 6.92 Å². The summed E-state index contributed by atoms with van der Waals surface area (Å²) in [6.07, 6.45) is 2.51. The van der Waals surface area contributed by atoms with Crippen molar-refractivity contribution >= 4 is 15.6 Å². The van der Waals surface area contributed by atoms with E-state index in [2.05, 4.69) is 5.32 Å². The van der Waals surface area contributed by atoms with Crippen molar-refractivity contribution in [1.29, 1.82) is 0 Å². The topological polar surface area (TPSA) is 63.2 Å². The molecule has 1 unspecified atom stereocenters. The molecule has 5 heteroatoms. The van der Waals surface area contributed by atoms with Gasteiger partial charge in [-0.05, 0) is 37.9 Å². The Morgan fingerprint density at radius 2 is 2.00 bits per heavy atom. The second-order valence-electron chi connectivity index (χ2n) is 5.25. The summed E-state index contributed by atoms with van der Waals surface area (Å²) < 4.78 is 23.8. The van der Waals surface area contributed by atoms with Gasteiger partial charge in [-0.1, -0.05) is 19.1 Å². The Hall–Kier alpha value is -1.20. The van der Waals surface area contributed by atoms with Gasteiger partial charge < -0.3 is 5.32 Å². The highest BCUT2D eigenvalue weighted by Gasteiger charge is 2.22. The van der Waals surface area contributed by atoms with Crippen molar-refractivity contribution in [3.63, 3.8) is 0 Å². The van der Waals surface area contributed by atoms with Gasteiger partial charge in [0.05, 0.1) is 10.6 Å². The lowest BCUT2D eigenvalue weighted by Gasteiger charge is -2.21. The minimum atomic E-state index is -3.20. The maximum absolute atomic E-state index is 12.3. The van der Waals surface area contributed by atoms with Crippen LogP contribution in [0.1, 0.15) is 36.5 Å². The molecule has 4 nitrogen and oxygen atoms in total. The van der Waals surface area contributed by atoms with Crippen LogP contribution in [0.15, 0.2) is 29.2 Å². The molecule has 1 aromatic rings. The predicted molar refractivity (Wildman–Crippen MR) is 78.7 cm³/mol. The van der Waals surface area contributed by atoms with Crippen LogP contribution in [0.5, 0.6) is 0 Å². The molecule has 0 bridgehead atoms. The lowest BCUT2D eigenvalue weighted by Crippen LogP contribution is -2.34. The van der Waals surface area contributed by atoms with Crippen molar-refractivity contribution in [3.8, 4) is 0 Å². The largest absolute Gasteiger partial charge is 0.316 e. The van der Waals surface area contributed by atoms with Crippen LogP contribution in [0.4, 0.5) is 0 Å². The van der Waals surface area contributed by atoms with E-state index in [9.17, 15) is 13.2 Å². The molecule has 0 amide bonds. The Balaban J connectivity index is 2.13. The average molecular weight is 295 g/mol. The third-order valence-corrected chi connectivity index (χ3v) is 5.57. The van der Waals surface area contributed by atoms with Crippen molar-refractivity contribution in [2.75, 3.05) is 18.8 Å². The number of hydrogen-bond acceptors (Lipinski definition) is 4. The van der Waals surface area contributed by atoms with Crippen LogP contribution in [0, 0.1) is 5.92 Å². The maximum atomic E-state index is 12.3. The molecule has 20 heavy (non-hydrogen) atoms. The highest BCUT2D eigenvalue weighted by molar-refractivity contribution is 7.91. The van der Waals surface area contributed by atoms with Crippen LogP contribution < -0.4 is 5.32 Å². The fourth-order valence-electron chi connectivity index (χ4n) is 2.52. The summed E-state index contributed by atoms with van der Waals surface area (Å²) >= 11 is 0. The summed E-state index contributed by atoms with van der Waals surface area (Å²) in [7, 11) is -3.20. The molecular formula is C15H21NO3S. The van der Waals surface area contributed by atoms with Gasteiger partial charge in [0.1, 0.15) is 0 Å². The smallest absolute Gasteiger partial charge is 0.178 e. The minimum absolute atomic E-state index is 0.0156. The molecule has 0 radical (unpaired) electrons. The molecular weight excluding hydrogens is 274 g/mol. The summed E-state index contributed by atoms with van der Waals surface area (Å²) in [6.45, 7) is 3.53. The van der Waals surface area contributed by atoms with Gasteiger partial charge in [0.15, 0.2) is 15.6 Å². The van der Waals surface area contributed by atoms with E-state index in [1.165, 1.54) is 0 Å². The zero-order valence-corrected chi connectivity index (χ0v) is 12.6. The number of nitrogens with one attached hydrogen (secondary N) is 1. The highest BCUT2D eigenvalue weighted by atomic mass is 32.2. The molecule has 1 aliphatic heterocycles. The molecule has 0 spiro atoms. The van der Waals surface area contributed by atoms with Crippen molar-refractivity contribution in [3.05, 3.63) is 29.8 Å². The third kappa shape index (κ3) is 3.46. The number of hydrogen-bond donors (Lipinski definition) is 1. The minimum Gasteiger partial charge on any atom is -0.316 e. The normalized spacial score (nSPS) is 19.8. The highest BCUT2D eigenvalue weighted by Crippen LogP contribution is 2.19. The molecule has 1 fully saturated rings. The van der Waals surface area contributed by atoms with Crippen LogP contribution in [0.2, 0.25) is 0 Å². The van der Waals surface area contributed by atoms with E-state index in [0.29, 0.717) is 23.4 Å². The van der Waals surface area contributed by atoms with E-state index in [1.54, 1.807) is 24.3 Å². The Kier molecular flexibility index (Phi) is 4.94. The Bertz CT molecular complexity index is 557. The number of benzene rings is 1. The molecule has 0 saturated carbocycles. The van der Waals surface area contributed by atoms with Crippen molar-refractivity contribution in [1.82, 2.24) is 5.32 Å². The lowest BCUT2D eigenvalue weighted by molar-refractivity contribution is 0.0899. The molecule has 110 valence electrons. The molecule has 1 aliphatic rings. The Morgan fingerprint density at radius 1 is 1.30 bits per heavy atom. The van der Waals surface area contributed by atoms with Gasteiger partial charge in [0.25, 0.3) is 0 Å². The van der Waals surface area contributed by atoms with Gasteiger partial charge in [0.2, 0.25) is 0 Å². The van der Waals surface area contributed by atoms with Gasteiger partial charge in [-0.25, -0.2) is 8.42 Å². The van der Waals surface area contributed by atoms with Crippen LogP contribution >= 0.6 is 0 Å². The van der Waals surface area contributed by atoms with Crippen molar-refractivity contribution in [2.45, 2.75) is 31.1 Å². The molecule has 1 aromatic carbocycles. The Morgan fingerprint density at radius 3 is 2.55 bits per heavy atom. The number of carbonyl (C=O) groups excluding carboxylic acids is 1. The second-order valence-corrected chi connectivity index (χ2v) is 7.36. The van der Waals surface area contributed by atoms with E-state index >= 15 is 0 Å². The van der Waals surface area contributed by atoms with E-state index in [-0.39, 0.29) is 17.5 Å². The van der Waals surface area contributed by atoms with E-state index < -0.39 is 9.84 Å². The monoisotopic (exact) mass is 295 g/mol. The number of Topliss-reactive ketones (excluding diaryl/α,β-unsaturated/α-hetero) is 1. The first-order valence-electron chi connectivity index (χ1n) is 7.12. The molecule has 1 N–H and O–H groups in total. The fourth-order valence-corrected chi connectivity index (χ4v) is 3.85. The summed E-state index contributed by atoms with van der Waals surface area (Å²) in [5, 5.41) is 3.22. The lowest BCUT2D eigenvalue weighted by atomic mass is 9.91. The number of rotatable bonds is 5. The number of piperidine rings is 1. The summed E-state index contributed by atoms with van der Waals surface area (Å²) in [5.41, 5.74) is 0.606. The first-order chi connectivity index (χ1) is 9.54. The summed E-state index contributed by atoms with van der Waals surface area (Å²) in [6, 6.07) is 6.38. The second kappa shape index (κ2) is 6.50. The van der Waals surface area contributed by atoms with Gasteiger partial charge >= 0.3 is 0 Å². The van der Waals surface area contributed by atoms with Gasteiger partial charge in [-0.3, -0.25) is 4.79 Å². The van der Waals surface area contributed by atoms with Crippen LogP contribution in [-0.2, 0) is 9.84 Å². The van der Waals surface area contributed by atoms with Crippen LogP contribution in [0.25, 0.3) is 0 Å². The molecule has 0 aromatic heterocycles. The molecule has 2 rings (SSSR count). The average Bonchev–Trinajstić information content (AvgIpc) is 2.47. The molecule has 1 heterocycles. The predicted octanol–water partition coefficient (Wildman–Crippen LogP) is 2.05. The van der Waals surface area contributed by atoms with Crippen molar-refractivity contribution in [2.24, 2.45) is 5.92 Å². The summed E-state index contributed by atoms with van der Waals surface area (Å²) in [5.74, 6) is 0.269.